The highest BCUT2D eigenvalue weighted by atomic mass is 32.1. The Hall–Kier alpha value is -1.79. The first-order chi connectivity index (χ1) is 9.20. The first-order valence-corrected chi connectivity index (χ1v) is 6.74. The van der Waals surface area contributed by atoms with Crippen molar-refractivity contribution < 1.29 is 9.90 Å². The predicted molar refractivity (Wildman–Crippen MR) is 74.7 cm³/mol. The largest absolute Gasteiger partial charge is 0.395 e. The van der Waals surface area contributed by atoms with Gasteiger partial charge in [0.25, 0.3) is 0 Å². The van der Waals surface area contributed by atoms with Crippen molar-refractivity contribution in [3.8, 4) is 0 Å². The molecular formula is C13H15N3O2S. The molecule has 0 radical (unpaired) electrons. The van der Waals surface area contributed by atoms with E-state index in [4.69, 9.17) is 5.11 Å². The van der Waals surface area contributed by atoms with Crippen LogP contribution in [0.25, 0.3) is 0 Å². The van der Waals surface area contributed by atoms with Crippen molar-refractivity contribution in [1.82, 2.24) is 9.97 Å². The normalized spacial score (nSPS) is 10.4. The van der Waals surface area contributed by atoms with Crippen LogP contribution in [0.15, 0.2) is 30.7 Å². The van der Waals surface area contributed by atoms with Crippen LogP contribution in [0.2, 0.25) is 0 Å². The van der Waals surface area contributed by atoms with Gasteiger partial charge in [-0.3, -0.25) is 4.79 Å². The van der Waals surface area contributed by atoms with Gasteiger partial charge >= 0.3 is 0 Å². The minimum absolute atomic E-state index is 0.0270. The van der Waals surface area contributed by atoms with E-state index in [0.29, 0.717) is 12.4 Å². The molecule has 100 valence electrons. The molecule has 0 aliphatic rings. The van der Waals surface area contributed by atoms with E-state index in [1.165, 1.54) is 17.7 Å². The standard InChI is InChI=1S/C13H15N3O2S/c1-10-2-3-12(19-10)11(18)8-16(6-7-17)13-4-5-14-9-15-13/h2-5,9,17H,6-8H2,1H3. The summed E-state index contributed by atoms with van der Waals surface area (Å²) in [5, 5.41) is 9.09. The van der Waals surface area contributed by atoms with E-state index in [9.17, 15) is 4.79 Å². The molecule has 0 bridgehead atoms. The van der Waals surface area contributed by atoms with E-state index in [1.54, 1.807) is 17.2 Å². The molecule has 0 saturated heterocycles. The maximum atomic E-state index is 12.2. The number of ketones is 1. The molecule has 0 unspecified atom stereocenters. The molecule has 2 aromatic rings. The molecule has 0 amide bonds. The van der Waals surface area contributed by atoms with E-state index in [1.807, 2.05) is 19.1 Å². The molecule has 2 heterocycles. The van der Waals surface area contributed by atoms with Gasteiger partial charge in [-0.2, -0.15) is 0 Å². The van der Waals surface area contributed by atoms with Gasteiger partial charge in [-0.25, -0.2) is 9.97 Å². The Balaban J connectivity index is 2.11. The van der Waals surface area contributed by atoms with Gasteiger partial charge in [0.2, 0.25) is 0 Å². The molecule has 0 aromatic carbocycles. The van der Waals surface area contributed by atoms with Crippen molar-refractivity contribution in [2.24, 2.45) is 0 Å². The topological polar surface area (TPSA) is 66.3 Å². The van der Waals surface area contributed by atoms with Crippen LogP contribution in [0.4, 0.5) is 5.82 Å². The van der Waals surface area contributed by atoms with E-state index < -0.39 is 0 Å². The molecule has 5 nitrogen and oxygen atoms in total. The summed E-state index contributed by atoms with van der Waals surface area (Å²) in [5.74, 6) is 0.677. The van der Waals surface area contributed by atoms with Crippen LogP contribution < -0.4 is 4.90 Å². The number of thiophene rings is 1. The average Bonchev–Trinajstić information content (AvgIpc) is 2.86. The summed E-state index contributed by atoms with van der Waals surface area (Å²) < 4.78 is 0. The van der Waals surface area contributed by atoms with Gasteiger partial charge in [-0.15, -0.1) is 11.3 Å². The van der Waals surface area contributed by atoms with Gasteiger partial charge in [0, 0.05) is 17.6 Å². The number of carbonyl (C=O) groups is 1. The Morgan fingerprint density at radius 2 is 2.26 bits per heavy atom. The fraction of sp³-hybridized carbons (Fsp3) is 0.308. The maximum absolute atomic E-state index is 12.2. The fourth-order valence-corrected chi connectivity index (χ4v) is 2.50. The van der Waals surface area contributed by atoms with Gasteiger partial charge in [0.1, 0.15) is 12.1 Å². The molecule has 0 saturated carbocycles. The number of nitrogens with zero attached hydrogens (tertiary/aromatic N) is 3. The summed E-state index contributed by atoms with van der Waals surface area (Å²) in [6.45, 7) is 2.52. The van der Waals surface area contributed by atoms with Gasteiger partial charge in [-0.05, 0) is 25.1 Å². The number of hydrogen-bond acceptors (Lipinski definition) is 6. The van der Waals surface area contributed by atoms with Gasteiger partial charge in [0.15, 0.2) is 5.78 Å². The average molecular weight is 277 g/mol. The number of hydrogen-bond donors (Lipinski definition) is 1. The van der Waals surface area contributed by atoms with E-state index >= 15 is 0 Å². The summed E-state index contributed by atoms with van der Waals surface area (Å²) in [6, 6.07) is 5.49. The summed E-state index contributed by atoms with van der Waals surface area (Å²) in [7, 11) is 0. The molecule has 0 fully saturated rings. The number of carbonyl (C=O) groups excluding carboxylic acids is 1. The number of aromatic nitrogens is 2. The number of aryl methyl sites for hydroxylation is 1. The first-order valence-electron chi connectivity index (χ1n) is 5.92. The van der Waals surface area contributed by atoms with E-state index in [-0.39, 0.29) is 18.9 Å². The SMILES string of the molecule is Cc1ccc(C(=O)CN(CCO)c2ccncn2)s1. The zero-order chi connectivity index (χ0) is 13.7. The summed E-state index contributed by atoms with van der Waals surface area (Å²) in [6.07, 6.45) is 3.05. The molecule has 0 atom stereocenters. The highest BCUT2D eigenvalue weighted by Gasteiger charge is 2.15. The molecule has 6 heteroatoms. The Morgan fingerprint density at radius 1 is 1.42 bits per heavy atom. The minimum atomic E-state index is -0.0270. The summed E-state index contributed by atoms with van der Waals surface area (Å²) >= 11 is 1.48. The van der Waals surface area contributed by atoms with E-state index in [2.05, 4.69) is 9.97 Å². The van der Waals surface area contributed by atoms with Crippen molar-refractivity contribution in [1.29, 1.82) is 0 Å². The first kappa shape index (κ1) is 13.6. The minimum Gasteiger partial charge on any atom is -0.395 e. The molecule has 0 spiro atoms. The monoisotopic (exact) mass is 277 g/mol. The third-order valence-electron chi connectivity index (χ3n) is 2.61. The van der Waals surface area contributed by atoms with Crippen LogP contribution in [0.5, 0.6) is 0 Å². The van der Waals surface area contributed by atoms with E-state index in [0.717, 1.165) is 9.75 Å². The maximum Gasteiger partial charge on any atom is 0.192 e. The quantitative estimate of drug-likeness (QED) is 0.811. The smallest absolute Gasteiger partial charge is 0.192 e. The molecule has 2 rings (SSSR count). The highest BCUT2D eigenvalue weighted by molar-refractivity contribution is 7.14. The molecule has 2 aromatic heterocycles. The highest BCUT2D eigenvalue weighted by Crippen LogP contribution is 2.17. The Kier molecular flexibility index (Phi) is 4.59. The molecule has 1 N–H and O–H groups in total. The van der Waals surface area contributed by atoms with Crippen LogP contribution in [0.3, 0.4) is 0 Å². The summed E-state index contributed by atoms with van der Waals surface area (Å²) in [5.41, 5.74) is 0. The number of anilines is 1. The zero-order valence-electron chi connectivity index (χ0n) is 10.6. The lowest BCUT2D eigenvalue weighted by Crippen LogP contribution is -2.32. The summed E-state index contributed by atoms with van der Waals surface area (Å²) in [4.78, 5) is 23.7. The number of Topliss-reactive ketones (excluding diaryl/α,β-unsaturated/α-hetero) is 1. The third-order valence-corrected chi connectivity index (χ3v) is 3.65. The third kappa shape index (κ3) is 3.59. The predicted octanol–water partition coefficient (Wildman–Crippen LogP) is 1.53. The van der Waals surface area contributed by atoms with Gasteiger partial charge in [0.05, 0.1) is 18.0 Å². The molecular weight excluding hydrogens is 262 g/mol. The number of aliphatic hydroxyl groups excluding tert-OH is 1. The lowest BCUT2D eigenvalue weighted by Gasteiger charge is -2.21. The van der Waals surface area contributed by atoms with Crippen LogP contribution in [-0.4, -0.2) is 40.6 Å². The van der Waals surface area contributed by atoms with Crippen molar-refractivity contribution in [3.05, 3.63) is 40.5 Å². The Labute approximate surface area is 115 Å². The fourth-order valence-electron chi connectivity index (χ4n) is 1.70. The second-order valence-electron chi connectivity index (χ2n) is 4.05. The van der Waals surface area contributed by atoms with Crippen LogP contribution in [0, 0.1) is 6.92 Å². The second kappa shape index (κ2) is 6.40. The van der Waals surface area contributed by atoms with Crippen molar-refractivity contribution in [2.45, 2.75) is 6.92 Å². The lowest BCUT2D eigenvalue weighted by molar-refractivity contribution is 0.100. The van der Waals surface area contributed by atoms with Crippen LogP contribution >= 0.6 is 11.3 Å². The van der Waals surface area contributed by atoms with Crippen molar-refractivity contribution >= 4 is 22.9 Å². The Morgan fingerprint density at radius 3 is 2.84 bits per heavy atom. The molecule has 0 aliphatic carbocycles. The van der Waals surface area contributed by atoms with Gasteiger partial charge in [-0.1, -0.05) is 0 Å². The number of rotatable bonds is 6. The van der Waals surface area contributed by atoms with Gasteiger partial charge < -0.3 is 10.0 Å². The lowest BCUT2D eigenvalue weighted by atomic mass is 10.3. The number of aliphatic hydroxyl groups is 1. The molecule has 0 aliphatic heterocycles. The van der Waals surface area contributed by atoms with Crippen molar-refractivity contribution in [3.63, 3.8) is 0 Å². The molecule has 19 heavy (non-hydrogen) atoms. The van der Waals surface area contributed by atoms with Crippen molar-refractivity contribution in [2.75, 3.05) is 24.6 Å². The zero-order valence-corrected chi connectivity index (χ0v) is 11.4. The second-order valence-corrected chi connectivity index (χ2v) is 5.33. The van der Waals surface area contributed by atoms with Crippen LogP contribution in [-0.2, 0) is 0 Å². The van der Waals surface area contributed by atoms with Crippen LogP contribution in [0.1, 0.15) is 14.5 Å². The Bertz CT molecular complexity index is 542.